The highest BCUT2D eigenvalue weighted by Gasteiger charge is 2.35. The number of halogens is 5. The van der Waals surface area contributed by atoms with E-state index in [-0.39, 0.29) is 85.7 Å². The Morgan fingerprint density at radius 3 is 1.28 bits per heavy atom. The lowest BCUT2D eigenvalue weighted by Crippen LogP contribution is -2.38. The highest BCUT2D eigenvalue weighted by Crippen LogP contribution is 2.37. The van der Waals surface area contributed by atoms with Gasteiger partial charge in [-0.15, -0.1) is 0 Å². The molecule has 15 rings (SSSR count). The molecule has 0 radical (unpaired) electrons. The summed E-state index contributed by atoms with van der Waals surface area (Å²) in [5, 5.41) is 1.58. The third-order valence-corrected chi connectivity index (χ3v) is 20.3. The van der Waals surface area contributed by atoms with Crippen LogP contribution >= 0.6 is 11.6 Å². The van der Waals surface area contributed by atoms with Crippen molar-refractivity contribution in [3.05, 3.63) is 212 Å². The monoisotopic (exact) mass is 1550 g/mol. The summed E-state index contributed by atoms with van der Waals surface area (Å²) in [4.78, 5) is 145. The molecule has 6 amide bonds. The molecule has 0 bridgehead atoms. The molecule has 0 saturated heterocycles. The summed E-state index contributed by atoms with van der Waals surface area (Å²) in [6.07, 6.45) is 9.57. The Bertz CT molecular complexity index is 5920. The van der Waals surface area contributed by atoms with Crippen molar-refractivity contribution in [3.8, 4) is 45.8 Å². The Labute approximate surface area is 642 Å². The van der Waals surface area contributed by atoms with Crippen molar-refractivity contribution in [1.82, 2.24) is 77.2 Å². The smallest absolute Gasteiger partial charge is 0.294 e. The molecular weight excluding hydrogens is 1470 g/mol. The van der Waals surface area contributed by atoms with Gasteiger partial charge in [-0.2, -0.15) is 4.98 Å². The van der Waals surface area contributed by atoms with Crippen LogP contribution in [-0.4, -0.2) is 206 Å². The lowest BCUT2D eigenvalue weighted by Gasteiger charge is -2.29. The largest absolute Gasteiger partial charge is 0.496 e. The number of aromatic amines is 1. The van der Waals surface area contributed by atoms with Crippen LogP contribution in [-0.2, 0) is 67.7 Å². The molecule has 1 N–H and O–H groups in total. The first-order valence-corrected chi connectivity index (χ1v) is 35.5. The number of H-pyrrole nitrogens is 1. The highest BCUT2D eigenvalue weighted by atomic mass is 35.5. The van der Waals surface area contributed by atoms with Gasteiger partial charge in [0.1, 0.15) is 57.7 Å². The van der Waals surface area contributed by atoms with Gasteiger partial charge in [0.25, 0.3) is 52.8 Å². The molecule has 0 fully saturated rings. The number of aromatic nitrogens is 10. The van der Waals surface area contributed by atoms with E-state index in [4.69, 9.17) is 21.1 Å². The summed E-state index contributed by atoms with van der Waals surface area (Å²) >= 11 is 6.54. The van der Waals surface area contributed by atoms with Gasteiger partial charge >= 0.3 is 0 Å². The first-order valence-electron chi connectivity index (χ1n) is 35.2. The van der Waals surface area contributed by atoms with Gasteiger partial charge in [-0.25, -0.2) is 32.5 Å². The number of nitrogens with zero attached hydrogens (tertiary/aromatic N) is 15. The molecule has 32 heteroatoms. The predicted octanol–water partition coefficient (Wildman–Crippen LogP) is 10.1. The van der Waals surface area contributed by atoms with E-state index in [1.54, 1.807) is 110 Å². The number of likely N-dealkylation sites (N-methyl/N-ethyl adjacent to an activating group) is 3. The Morgan fingerprint density at radius 1 is 0.455 bits per heavy atom. The molecule has 3 aliphatic rings. The highest BCUT2D eigenvalue weighted by molar-refractivity contribution is 6.46. The lowest BCUT2D eigenvalue weighted by molar-refractivity contribution is -0.124. The van der Waals surface area contributed by atoms with E-state index in [1.165, 1.54) is 120 Å². The number of hydrogen-bond donors (Lipinski definition) is 1. The molecule has 10 heterocycles. The Balaban J connectivity index is 0.000000147. The van der Waals surface area contributed by atoms with Crippen LogP contribution in [0.15, 0.2) is 122 Å². The number of nitrogens with one attached hydrogen (secondary N) is 1. The number of methoxy groups -OCH3 is 2. The molecule has 0 aliphatic carbocycles. The number of pyridine rings is 1. The number of hydrogen-bond acceptors (Lipinski definition) is 15. The average molecular weight is 1550 g/mol. The second kappa shape index (κ2) is 30.8. The van der Waals surface area contributed by atoms with Crippen molar-refractivity contribution in [2.24, 2.45) is 14.1 Å². The number of carbonyl (C=O) groups is 9. The Hall–Kier alpha value is -13.1. The number of ether oxygens (including phenoxy) is 2. The molecule has 0 unspecified atom stereocenters. The number of carbonyl (C=O) groups excluding carboxylic acids is 9. The minimum atomic E-state index is -0.712. The summed E-state index contributed by atoms with van der Waals surface area (Å²) in [6, 6.07) is 20.5. The molecule has 0 atom stereocenters. The van der Waals surface area contributed by atoms with Gasteiger partial charge in [-0.05, 0) is 97.8 Å². The van der Waals surface area contributed by atoms with E-state index in [0.717, 1.165) is 51.4 Å². The van der Waals surface area contributed by atoms with Gasteiger partial charge in [0.15, 0.2) is 0 Å². The predicted molar refractivity (Wildman–Crippen MR) is 406 cm³/mol. The number of imidazole rings is 3. The van der Waals surface area contributed by atoms with Gasteiger partial charge in [0.2, 0.25) is 5.88 Å². The second-order valence-electron chi connectivity index (χ2n) is 27.9. The van der Waals surface area contributed by atoms with Crippen LogP contribution < -0.4 is 9.47 Å². The number of amides is 6. The van der Waals surface area contributed by atoms with Crippen molar-refractivity contribution < 1.29 is 70.2 Å². The van der Waals surface area contributed by atoms with Crippen LogP contribution in [0.1, 0.15) is 90.4 Å². The van der Waals surface area contributed by atoms with Crippen molar-refractivity contribution in [2.45, 2.75) is 53.1 Å². The fourth-order valence-electron chi connectivity index (χ4n) is 14.1. The van der Waals surface area contributed by atoms with E-state index < -0.39 is 46.7 Å². The molecule has 576 valence electrons. The number of rotatable bonds is 14. The fourth-order valence-corrected chi connectivity index (χ4v) is 14.3. The molecule has 12 aromatic rings. The van der Waals surface area contributed by atoms with Crippen LogP contribution in [0.2, 0.25) is 5.02 Å². The normalized spacial score (nSPS) is 13.0. The summed E-state index contributed by atoms with van der Waals surface area (Å²) in [5.74, 6) is -4.68. The zero-order valence-corrected chi connectivity index (χ0v) is 63.8. The van der Waals surface area contributed by atoms with Crippen molar-refractivity contribution >= 4 is 97.2 Å². The summed E-state index contributed by atoms with van der Waals surface area (Å²) < 4.78 is 75.1. The first-order chi connectivity index (χ1) is 53.3. The number of benzene rings is 5. The zero-order chi connectivity index (χ0) is 80.3. The van der Waals surface area contributed by atoms with Crippen molar-refractivity contribution in [2.75, 3.05) is 76.1 Å². The van der Waals surface area contributed by atoms with E-state index >= 15 is 0 Å². The van der Waals surface area contributed by atoms with Crippen LogP contribution in [0.5, 0.6) is 11.6 Å². The van der Waals surface area contributed by atoms with Crippen LogP contribution in [0.3, 0.4) is 0 Å². The quantitative estimate of drug-likeness (QED) is 0.0602. The van der Waals surface area contributed by atoms with Gasteiger partial charge in [0.05, 0.1) is 119 Å². The summed E-state index contributed by atoms with van der Waals surface area (Å²) in [6.45, 7) is 6.98. The zero-order valence-electron chi connectivity index (χ0n) is 63.0. The van der Waals surface area contributed by atoms with E-state index in [1.807, 2.05) is 23.0 Å². The van der Waals surface area contributed by atoms with Gasteiger partial charge < -0.3 is 66.7 Å². The lowest BCUT2D eigenvalue weighted by atomic mass is 10.0. The van der Waals surface area contributed by atoms with Crippen LogP contribution in [0.4, 0.5) is 17.6 Å². The Morgan fingerprint density at radius 2 is 0.848 bits per heavy atom. The maximum atomic E-state index is 14.4. The standard InChI is InChI=1S/C27H25ClFN5O3.C27H25F2N5O4.C26H25FN6O4/c1-15-9-16(29)5-6-18(15)25-30-12-17-13-33(7-8-34(17)25)26(36)20-10-19-21(24(35)27(37)31(2)3)14-32(4)23(19)11-22(20)28;1-31(2)27(37)24(35)20-14-32(3)22-11-23(38-4)19(10-18(20)22)26(36)33-7-8-34-16(13-33)12-30-25(34)17-6-5-15(28)9-21(17)29;1-14-9-15(27)5-6-17(14)23-29-11-16-13-32(7-8-33(16)23)25(35)19-10-18-20(21(34)26(36)31(2)3)12-28-22(18)30-24(19)37-4/h5-6,9-12,14H,7-8,13H2,1-4H3;5-6,9-12,14H,7-8,13H2,1-4H3;5-6,9-12H,7-8,13H2,1-4H3,(H,28,30). The number of Topliss-reactive ketones (excluding diaryl/α,β-unsaturated/α-hetero) is 3. The second-order valence-corrected chi connectivity index (χ2v) is 28.3. The number of ketones is 3. The molecule has 0 spiro atoms. The third-order valence-electron chi connectivity index (χ3n) is 20.0. The fraction of sp³-hybridized carbons (Fsp3) is 0.263. The number of fused-ring (bicyclic) bond motifs is 6. The first kappa shape index (κ1) is 77.1. The summed E-state index contributed by atoms with van der Waals surface area (Å²) in [5.41, 5.74) is 8.64. The summed E-state index contributed by atoms with van der Waals surface area (Å²) in [7, 11) is 15.4. The average Bonchev–Trinajstić information content (AvgIpc) is 1.59. The molecule has 27 nitrogen and oxygen atoms in total. The van der Waals surface area contributed by atoms with E-state index in [9.17, 15) is 60.7 Å². The van der Waals surface area contributed by atoms with E-state index in [0.29, 0.717) is 102 Å². The Kier molecular flexibility index (Phi) is 21.2. The molecule has 3 aliphatic heterocycles. The van der Waals surface area contributed by atoms with Crippen LogP contribution in [0, 0.1) is 37.1 Å². The molecular formula is C80H75ClF4N16O11. The van der Waals surface area contributed by atoms with Gasteiger partial charge in [-0.3, -0.25) is 43.2 Å². The maximum Gasteiger partial charge on any atom is 0.294 e. The minimum absolute atomic E-state index is 0.110. The molecule has 7 aromatic heterocycles. The molecule has 0 saturated carbocycles. The minimum Gasteiger partial charge on any atom is -0.496 e. The van der Waals surface area contributed by atoms with Crippen molar-refractivity contribution in [1.29, 1.82) is 0 Å². The third kappa shape index (κ3) is 14.4. The maximum absolute atomic E-state index is 14.4. The van der Waals surface area contributed by atoms with Gasteiger partial charge in [0, 0.05) is 154 Å². The SMILES string of the molecule is COc1cc2c(cc1C(=O)N1CCn3c(cnc3-c3ccc(F)cc3F)C1)c(C(=O)C(=O)N(C)C)cn2C.COc1nc2[nH]cc(C(=O)C(=O)N(C)C)c2cc1C(=O)N1CCn2c(cnc2-c2ccc(F)cc2C)C1.Cc1cc(F)ccc1-c1ncc2n1CCN(C(=O)c1cc3c(C(=O)C(=O)N(C)C)cn(C)c3cc1Cl)C2. The topological polar surface area (TPSA) is 284 Å². The number of aryl methyl sites for hydroxylation is 4. The van der Waals surface area contributed by atoms with E-state index in [2.05, 4.69) is 24.9 Å². The van der Waals surface area contributed by atoms with Crippen molar-refractivity contribution in [3.63, 3.8) is 0 Å². The van der Waals surface area contributed by atoms with Gasteiger partial charge in [-0.1, -0.05) is 11.6 Å². The van der Waals surface area contributed by atoms with Crippen LogP contribution in [0.25, 0.3) is 67.0 Å². The molecule has 112 heavy (non-hydrogen) atoms. The molecule has 5 aromatic carbocycles.